The fourth-order valence-corrected chi connectivity index (χ4v) is 3.11. The lowest BCUT2D eigenvalue weighted by molar-refractivity contribution is -0.0459. The molecule has 4 nitrogen and oxygen atoms in total. The number of nitrogens with two attached hydrogens (primary N) is 1. The minimum atomic E-state index is 0.339. The summed E-state index contributed by atoms with van der Waals surface area (Å²) in [5.41, 5.74) is 5.94. The van der Waals surface area contributed by atoms with E-state index in [-0.39, 0.29) is 0 Å². The lowest BCUT2D eigenvalue weighted by Gasteiger charge is -2.42. The highest BCUT2D eigenvalue weighted by atomic mass is 16.5. The Morgan fingerprint density at radius 2 is 2.29 bits per heavy atom. The summed E-state index contributed by atoms with van der Waals surface area (Å²) >= 11 is 0. The van der Waals surface area contributed by atoms with E-state index in [1.165, 1.54) is 12.8 Å². The van der Waals surface area contributed by atoms with E-state index < -0.39 is 0 Å². The molecule has 2 heterocycles. The molecule has 0 bridgehead atoms. The third-order valence-corrected chi connectivity index (χ3v) is 4.33. The molecule has 0 aromatic rings. The standard InChI is InChI=1S/C13H26N2O2/c1-10-5-6-15(9-13(10)16-2)11(8-14)12-4-3-7-17-12/h10-13H,3-9,14H2,1-2H3. The van der Waals surface area contributed by atoms with Gasteiger partial charge in [0.1, 0.15) is 0 Å². The molecule has 0 spiro atoms. The number of rotatable bonds is 4. The van der Waals surface area contributed by atoms with E-state index in [0.717, 1.165) is 26.1 Å². The van der Waals surface area contributed by atoms with Crippen LogP contribution in [0.4, 0.5) is 0 Å². The molecule has 0 aromatic carbocycles. The van der Waals surface area contributed by atoms with Crippen molar-refractivity contribution >= 4 is 0 Å². The number of hydrogen-bond donors (Lipinski definition) is 1. The van der Waals surface area contributed by atoms with Crippen LogP contribution in [0.1, 0.15) is 26.2 Å². The van der Waals surface area contributed by atoms with Crippen LogP contribution in [0, 0.1) is 5.92 Å². The summed E-state index contributed by atoms with van der Waals surface area (Å²) in [4.78, 5) is 2.48. The first-order chi connectivity index (χ1) is 8.26. The topological polar surface area (TPSA) is 47.7 Å². The van der Waals surface area contributed by atoms with Gasteiger partial charge in [-0.1, -0.05) is 6.92 Å². The zero-order valence-electron chi connectivity index (χ0n) is 11.1. The van der Waals surface area contributed by atoms with Crippen molar-refractivity contribution in [2.45, 2.75) is 44.4 Å². The van der Waals surface area contributed by atoms with Gasteiger partial charge in [-0.25, -0.2) is 0 Å². The second kappa shape index (κ2) is 6.14. The highest BCUT2D eigenvalue weighted by Gasteiger charge is 2.34. The van der Waals surface area contributed by atoms with Crippen LogP contribution in [0.3, 0.4) is 0 Å². The van der Waals surface area contributed by atoms with Crippen molar-refractivity contribution in [3.8, 4) is 0 Å². The van der Waals surface area contributed by atoms with Gasteiger partial charge in [-0.3, -0.25) is 4.90 Å². The first-order valence-corrected chi connectivity index (χ1v) is 6.84. The Balaban J connectivity index is 1.94. The Hall–Kier alpha value is -0.160. The Kier molecular flexibility index (Phi) is 4.79. The van der Waals surface area contributed by atoms with Gasteiger partial charge in [0.15, 0.2) is 0 Å². The third-order valence-electron chi connectivity index (χ3n) is 4.33. The maximum absolute atomic E-state index is 5.94. The van der Waals surface area contributed by atoms with Gasteiger partial charge < -0.3 is 15.2 Å². The predicted octanol–water partition coefficient (Wildman–Crippen LogP) is 0.849. The fourth-order valence-electron chi connectivity index (χ4n) is 3.11. The second-order valence-corrected chi connectivity index (χ2v) is 5.39. The lowest BCUT2D eigenvalue weighted by Crippen LogP contribution is -2.55. The predicted molar refractivity (Wildman–Crippen MR) is 68.0 cm³/mol. The summed E-state index contributed by atoms with van der Waals surface area (Å²) in [6.45, 7) is 5.99. The Morgan fingerprint density at radius 3 is 2.88 bits per heavy atom. The molecule has 4 unspecified atom stereocenters. The minimum Gasteiger partial charge on any atom is -0.380 e. The largest absolute Gasteiger partial charge is 0.380 e. The van der Waals surface area contributed by atoms with E-state index in [0.29, 0.717) is 30.7 Å². The molecule has 4 atom stereocenters. The minimum absolute atomic E-state index is 0.339. The van der Waals surface area contributed by atoms with Crippen LogP contribution >= 0.6 is 0 Å². The number of nitrogens with zero attached hydrogens (tertiary/aromatic N) is 1. The summed E-state index contributed by atoms with van der Waals surface area (Å²) in [6, 6.07) is 0.377. The number of methoxy groups -OCH3 is 1. The fraction of sp³-hybridized carbons (Fsp3) is 1.00. The summed E-state index contributed by atoms with van der Waals surface area (Å²) in [7, 11) is 1.81. The number of likely N-dealkylation sites (tertiary alicyclic amines) is 1. The van der Waals surface area contributed by atoms with Gasteiger partial charge in [0.25, 0.3) is 0 Å². The van der Waals surface area contributed by atoms with Crippen LogP contribution in [0.25, 0.3) is 0 Å². The van der Waals surface area contributed by atoms with E-state index in [2.05, 4.69) is 11.8 Å². The molecular formula is C13H26N2O2. The molecular weight excluding hydrogens is 216 g/mol. The molecule has 0 amide bonds. The zero-order valence-corrected chi connectivity index (χ0v) is 11.1. The average Bonchev–Trinajstić information content (AvgIpc) is 2.86. The summed E-state index contributed by atoms with van der Waals surface area (Å²) in [5.74, 6) is 0.652. The molecule has 2 rings (SSSR count). The van der Waals surface area contributed by atoms with Crippen molar-refractivity contribution in [3.63, 3.8) is 0 Å². The van der Waals surface area contributed by atoms with E-state index >= 15 is 0 Å². The monoisotopic (exact) mass is 242 g/mol. The van der Waals surface area contributed by atoms with Crippen LogP contribution in [-0.2, 0) is 9.47 Å². The van der Waals surface area contributed by atoms with Gasteiger partial charge in [-0.15, -0.1) is 0 Å². The summed E-state index contributed by atoms with van der Waals surface area (Å²) < 4.78 is 11.4. The molecule has 0 aliphatic carbocycles. The molecule has 0 aromatic heterocycles. The first-order valence-electron chi connectivity index (χ1n) is 6.84. The van der Waals surface area contributed by atoms with Crippen LogP contribution in [0.2, 0.25) is 0 Å². The molecule has 4 heteroatoms. The van der Waals surface area contributed by atoms with Gasteiger partial charge in [0.2, 0.25) is 0 Å². The molecule has 2 fully saturated rings. The normalized spacial score (nSPS) is 37.2. The quantitative estimate of drug-likeness (QED) is 0.794. The number of ether oxygens (including phenoxy) is 2. The van der Waals surface area contributed by atoms with Gasteiger partial charge in [-0.05, 0) is 31.7 Å². The van der Waals surface area contributed by atoms with Gasteiger partial charge >= 0.3 is 0 Å². The molecule has 17 heavy (non-hydrogen) atoms. The van der Waals surface area contributed by atoms with Gasteiger partial charge in [0, 0.05) is 32.8 Å². The van der Waals surface area contributed by atoms with Gasteiger partial charge in [0.05, 0.1) is 12.2 Å². The van der Waals surface area contributed by atoms with E-state index in [9.17, 15) is 0 Å². The Bertz CT molecular complexity index is 231. The maximum Gasteiger partial charge on any atom is 0.0743 e. The van der Waals surface area contributed by atoms with Crippen molar-refractivity contribution in [2.24, 2.45) is 11.7 Å². The van der Waals surface area contributed by atoms with Crippen LogP contribution in [0.5, 0.6) is 0 Å². The van der Waals surface area contributed by atoms with Crippen molar-refractivity contribution < 1.29 is 9.47 Å². The maximum atomic E-state index is 5.94. The molecule has 2 saturated heterocycles. The molecule has 2 aliphatic rings. The highest BCUT2D eigenvalue weighted by Crippen LogP contribution is 2.25. The summed E-state index contributed by atoms with van der Waals surface area (Å²) in [5, 5.41) is 0. The molecule has 2 aliphatic heterocycles. The van der Waals surface area contributed by atoms with Crippen molar-refractivity contribution in [1.29, 1.82) is 0 Å². The highest BCUT2D eigenvalue weighted by molar-refractivity contribution is 4.89. The van der Waals surface area contributed by atoms with Gasteiger partial charge in [-0.2, -0.15) is 0 Å². The average molecular weight is 242 g/mol. The number of piperidine rings is 1. The first kappa shape index (κ1) is 13.3. The lowest BCUT2D eigenvalue weighted by atomic mass is 9.93. The summed E-state index contributed by atoms with van der Waals surface area (Å²) in [6.07, 6.45) is 4.22. The van der Waals surface area contributed by atoms with Crippen molar-refractivity contribution in [3.05, 3.63) is 0 Å². The van der Waals surface area contributed by atoms with E-state index in [4.69, 9.17) is 15.2 Å². The van der Waals surface area contributed by atoms with E-state index in [1.807, 2.05) is 7.11 Å². The smallest absolute Gasteiger partial charge is 0.0743 e. The van der Waals surface area contributed by atoms with Crippen LogP contribution < -0.4 is 5.73 Å². The third kappa shape index (κ3) is 2.99. The van der Waals surface area contributed by atoms with Crippen molar-refractivity contribution in [2.75, 3.05) is 33.4 Å². The molecule has 0 radical (unpaired) electrons. The molecule has 0 saturated carbocycles. The van der Waals surface area contributed by atoms with E-state index in [1.54, 1.807) is 0 Å². The second-order valence-electron chi connectivity index (χ2n) is 5.39. The number of hydrogen-bond acceptors (Lipinski definition) is 4. The Morgan fingerprint density at radius 1 is 1.47 bits per heavy atom. The van der Waals surface area contributed by atoms with Crippen LogP contribution in [0.15, 0.2) is 0 Å². The molecule has 2 N–H and O–H groups in total. The SMILES string of the molecule is COC1CN(C(CN)C2CCCO2)CCC1C. The zero-order chi connectivity index (χ0) is 12.3. The van der Waals surface area contributed by atoms with Crippen LogP contribution in [-0.4, -0.2) is 56.5 Å². The Labute approximate surface area is 104 Å². The van der Waals surface area contributed by atoms with Crippen molar-refractivity contribution in [1.82, 2.24) is 4.90 Å². The molecule has 100 valence electrons.